The smallest absolute Gasteiger partial charge is 0.0587 e. The first-order chi connectivity index (χ1) is 5.68. The molecule has 0 aromatic rings. The van der Waals surface area contributed by atoms with Crippen LogP contribution in [0.5, 0.6) is 0 Å². The SMILES string of the molecule is CCC(N)(CC)CNCCOC. The first kappa shape index (κ1) is 11.9. The first-order valence-corrected chi connectivity index (χ1v) is 4.67. The van der Waals surface area contributed by atoms with E-state index < -0.39 is 0 Å². The van der Waals surface area contributed by atoms with Crippen molar-refractivity contribution in [2.75, 3.05) is 26.8 Å². The third kappa shape index (κ3) is 4.70. The number of methoxy groups -OCH3 is 1. The van der Waals surface area contributed by atoms with Gasteiger partial charge in [-0.15, -0.1) is 0 Å². The van der Waals surface area contributed by atoms with Crippen LogP contribution in [0.15, 0.2) is 0 Å². The summed E-state index contributed by atoms with van der Waals surface area (Å²) in [7, 11) is 1.71. The van der Waals surface area contributed by atoms with E-state index in [-0.39, 0.29) is 5.54 Å². The highest BCUT2D eigenvalue weighted by Gasteiger charge is 2.18. The monoisotopic (exact) mass is 174 g/mol. The van der Waals surface area contributed by atoms with Gasteiger partial charge in [0.25, 0.3) is 0 Å². The molecule has 0 aliphatic carbocycles. The molecule has 0 unspecified atom stereocenters. The zero-order chi connectivity index (χ0) is 9.45. The van der Waals surface area contributed by atoms with Crippen molar-refractivity contribution < 1.29 is 4.74 Å². The van der Waals surface area contributed by atoms with Crippen LogP contribution in [0.2, 0.25) is 0 Å². The lowest BCUT2D eigenvalue weighted by atomic mass is 9.94. The van der Waals surface area contributed by atoms with Crippen LogP contribution in [0.4, 0.5) is 0 Å². The van der Waals surface area contributed by atoms with Crippen LogP contribution in [0.3, 0.4) is 0 Å². The fourth-order valence-corrected chi connectivity index (χ4v) is 1.01. The van der Waals surface area contributed by atoms with Crippen molar-refractivity contribution in [3.05, 3.63) is 0 Å². The molecule has 0 saturated heterocycles. The molecule has 0 amide bonds. The van der Waals surface area contributed by atoms with Crippen LogP contribution in [0.1, 0.15) is 26.7 Å². The van der Waals surface area contributed by atoms with Crippen molar-refractivity contribution in [2.24, 2.45) is 5.73 Å². The Morgan fingerprint density at radius 2 is 1.92 bits per heavy atom. The number of nitrogens with one attached hydrogen (secondary N) is 1. The fourth-order valence-electron chi connectivity index (χ4n) is 1.01. The van der Waals surface area contributed by atoms with Crippen molar-refractivity contribution in [3.63, 3.8) is 0 Å². The highest BCUT2D eigenvalue weighted by molar-refractivity contribution is 4.83. The van der Waals surface area contributed by atoms with E-state index in [1.54, 1.807) is 7.11 Å². The minimum Gasteiger partial charge on any atom is -0.383 e. The lowest BCUT2D eigenvalue weighted by Gasteiger charge is -2.26. The first-order valence-electron chi connectivity index (χ1n) is 4.67. The zero-order valence-corrected chi connectivity index (χ0v) is 8.52. The van der Waals surface area contributed by atoms with Gasteiger partial charge in [0.15, 0.2) is 0 Å². The summed E-state index contributed by atoms with van der Waals surface area (Å²) in [5.41, 5.74) is 6.04. The zero-order valence-electron chi connectivity index (χ0n) is 8.52. The molecule has 0 atom stereocenters. The van der Waals surface area contributed by atoms with Gasteiger partial charge in [0, 0.05) is 25.7 Å². The minimum atomic E-state index is -0.0340. The van der Waals surface area contributed by atoms with Crippen LogP contribution in [0, 0.1) is 0 Å². The van der Waals surface area contributed by atoms with E-state index in [0.29, 0.717) is 0 Å². The maximum atomic E-state index is 6.08. The number of ether oxygens (including phenoxy) is 1. The average Bonchev–Trinajstić information content (AvgIpc) is 2.12. The standard InChI is InChI=1S/C9H22N2O/c1-4-9(10,5-2)8-11-6-7-12-3/h11H,4-8,10H2,1-3H3. The Hall–Kier alpha value is -0.120. The van der Waals surface area contributed by atoms with Crippen LogP contribution in [-0.2, 0) is 4.74 Å². The summed E-state index contributed by atoms with van der Waals surface area (Å²) in [5.74, 6) is 0. The van der Waals surface area contributed by atoms with Crippen LogP contribution in [0.25, 0.3) is 0 Å². The third-order valence-corrected chi connectivity index (χ3v) is 2.37. The molecule has 0 heterocycles. The molecule has 0 saturated carbocycles. The molecule has 3 N–H and O–H groups in total. The van der Waals surface area contributed by atoms with Gasteiger partial charge >= 0.3 is 0 Å². The summed E-state index contributed by atoms with van der Waals surface area (Å²) >= 11 is 0. The highest BCUT2D eigenvalue weighted by Crippen LogP contribution is 2.08. The van der Waals surface area contributed by atoms with E-state index in [2.05, 4.69) is 19.2 Å². The predicted molar refractivity (Wildman–Crippen MR) is 52.2 cm³/mol. The van der Waals surface area contributed by atoms with Gasteiger partial charge in [0.05, 0.1) is 6.61 Å². The molecule has 0 spiro atoms. The second-order valence-electron chi connectivity index (χ2n) is 3.24. The molecule has 12 heavy (non-hydrogen) atoms. The van der Waals surface area contributed by atoms with E-state index in [4.69, 9.17) is 10.5 Å². The molecule has 0 rings (SSSR count). The Kier molecular flexibility index (Phi) is 6.34. The predicted octanol–water partition coefficient (Wildman–Crippen LogP) is 0.740. The van der Waals surface area contributed by atoms with Gasteiger partial charge in [-0.2, -0.15) is 0 Å². The van der Waals surface area contributed by atoms with Gasteiger partial charge in [0.2, 0.25) is 0 Å². The molecule has 0 aromatic heterocycles. The molecule has 3 nitrogen and oxygen atoms in total. The minimum absolute atomic E-state index is 0.0340. The Morgan fingerprint density at radius 1 is 1.33 bits per heavy atom. The number of rotatable bonds is 7. The van der Waals surface area contributed by atoms with E-state index in [0.717, 1.165) is 32.5 Å². The summed E-state index contributed by atoms with van der Waals surface area (Å²) in [6, 6.07) is 0. The summed E-state index contributed by atoms with van der Waals surface area (Å²) in [4.78, 5) is 0. The Morgan fingerprint density at radius 3 is 2.33 bits per heavy atom. The van der Waals surface area contributed by atoms with Crippen LogP contribution >= 0.6 is 0 Å². The second-order valence-corrected chi connectivity index (χ2v) is 3.24. The fraction of sp³-hybridized carbons (Fsp3) is 1.00. The molecular formula is C9H22N2O. The third-order valence-electron chi connectivity index (χ3n) is 2.37. The van der Waals surface area contributed by atoms with Gasteiger partial charge in [-0.3, -0.25) is 0 Å². The molecule has 74 valence electrons. The lowest BCUT2D eigenvalue weighted by Crippen LogP contribution is -2.48. The normalized spacial score (nSPS) is 12.0. The summed E-state index contributed by atoms with van der Waals surface area (Å²) in [6.45, 7) is 6.77. The molecule has 0 fully saturated rings. The summed E-state index contributed by atoms with van der Waals surface area (Å²) in [5, 5.41) is 3.28. The highest BCUT2D eigenvalue weighted by atomic mass is 16.5. The van der Waals surface area contributed by atoms with Crippen molar-refractivity contribution in [1.29, 1.82) is 0 Å². The number of hydrogen-bond acceptors (Lipinski definition) is 3. The van der Waals surface area contributed by atoms with Gasteiger partial charge in [0.1, 0.15) is 0 Å². The van der Waals surface area contributed by atoms with E-state index in [1.165, 1.54) is 0 Å². The van der Waals surface area contributed by atoms with E-state index >= 15 is 0 Å². The second kappa shape index (κ2) is 6.40. The maximum absolute atomic E-state index is 6.08. The van der Waals surface area contributed by atoms with Crippen LogP contribution in [-0.4, -0.2) is 32.3 Å². The molecule has 0 bridgehead atoms. The lowest BCUT2D eigenvalue weighted by molar-refractivity contribution is 0.196. The van der Waals surface area contributed by atoms with Crippen LogP contribution < -0.4 is 11.1 Å². The van der Waals surface area contributed by atoms with Crippen molar-refractivity contribution in [2.45, 2.75) is 32.2 Å². The molecule has 0 radical (unpaired) electrons. The van der Waals surface area contributed by atoms with Crippen molar-refractivity contribution in [1.82, 2.24) is 5.32 Å². The van der Waals surface area contributed by atoms with Crippen molar-refractivity contribution >= 4 is 0 Å². The quantitative estimate of drug-likeness (QED) is 0.560. The van der Waals surface area contributed by atoms with Gasteiger partial charge in [-0.1, -0.05) is 13.8 Å². The van der Waals surface area contributed by atoms with Gasteiger partial charge in [-0.05, 0) is 12.8 Å². The van der Waals surface area contributed by atoms with E-state index in [9.17, 15) is 0 Å². The largest absolute Gasteiger partial charge is 0.383 e. The topological polar surface area (TPSA) is 47.3 Å². The molecule has 0 aromatic carbocycles. The molecule has 3 heteroatoms. The van der Waals surface area contributed by atoms with Crippen molar-refractivity contribution in [3.8, 4) is 0 Å². The Labute approximate surface area is 75.7 Å². The molecule has 0 aliphatic heterocycles. The summed E-state index contributed by atoms with van der Waals surface area (Å²) < 4.78 is 4.92. The Bertz CT molecular complexity index is 103. The van der Waals surface area contributed by atoms with E-state index in [1.807, 2.05) is 0 Å². The molecule has 0 aliphatic rings. The average molecular weight is 174 g/mol. The Balaban J connectivity index is 3.45. The summed E-state index contributed by atoms with van der Waals surface area (Å²) in [6.07, 6.45) is 2.03. The number of nitrogens with two attached hydrogens (primary N) is 1. The van der Waals surface area contributed by atoms with Gasteiger partial charge in [-0.25, -0.2) is 0 Å². The van der Waals surface area contributed by atoms with Gasteiger partial charge < -0.3 is 15.8 Å². The number of hydrogen-bond donors (Lipinski definition) is 2. The maximum Gasteiger partial charge on any atom is 0.0587 e. The molecular weight excluding hydrogens is 152 g/mol.